The molecular weight excluding hydrogens is 272 g/mol. The highest BCUT2D eigenvalue weighted by molar-refractivity contribution is 6.31. The van der Waals surface area contributed by atoms with Crippen LogP contribution in [0.5, 0.6) is 0 Å². The third kappa shape index (κ3) is 3.35. The molecule has 1 N–H and O–H groups in total. The van der Waals surface area contributed by atoms with E-state index in [2.05, 4.69) is 10.2 Å². The first-order valence-corrected chi connectivity index (χ1v) is 7.15. The molecule has 0 saturated heterocycles. The van der Waals surface area contributed by atoms with Crippen molar-refractivity contribution in [1.29, 1.82) is 0 Å². The Kier molecular flexibility index (Phi) is 4.73. The fourth-order valence-electron chi connectivity index (χ4n) is 2.23. The van der Waals surface area contributed by atoms with Gasteiger partial charge < -0.3 is 5.11 Å². The summed E-state index contributed by atoms with van der Waals surface area (Å²) in [5, 5.41) is 19.4. The van der Waals surface area contributed by atoms with Crippen molar-refractivity contribution < 1.29 is 5.11 Å². The van der Waals surface area contributed by atoms with Gasteiger partial charge in [-0.1, -0.05) is 30.7 Å². The van der Waals surface area contributed by atoms with E-state index in [-0.39, 0.29) is 0 Å². The smallest absolute Gasteiger partial charge is 0.0849 e. The van der Waals surface area contributed by atoms with Gasteiger partial charge in [0.05, 0.1) is 17.5 Å². The van der Waals surface area contributed by atoms with E-state index in [9.17, 15) is 5.11 Å². The lowest BCUT2D eigenvalue weighted by atomic mass is 9.98. The number of aliphatic hydroxyl groups is 1. The van der Waals surface area contributed by atoms with Crippen molar-refractivity contribution in [3.8, 4) is 0 Å². The molecule has 0 amide bonds. The van der Waals surface area contributed by atoms with E-state index in [0.29, 0.717) is 11.4 Å². The van der Waals surface area contributed by atoms with E-state index >= 15 is 0 Å². The molecule has 106 valence electrons. The van der Waals surface area contributed by atoms with Crippen LogP contribution in [0.25, 0.3) is 0 Å². The topological polar surface area (TPSA) is 46.0 Å². The molecule has 1 aromatic carbocycles. The number of aryl methyl sites for hydroxylation is 3. The van der Waals surface area contributed by atoms with Crippen LogP contribution in [0.2, 0.25) is 5.02 Å². The number of hydrogen-bond acceptors (Lipinski definition) is 3. The quantitative estimate of drug-likeness (QED) is 0.936. The first-order valence-electron chi connectivity index (χ1n) is 6.77. The monoisotopic (exact) mass is 290 g/mol. The maximum Gasteiger partial charge on any atom is 0.0849 e. The van der Waals surface area contributed by atoms with Crippen LogP contribution in [0, 0.1) is 13.8 Å². The molecule has 1 aromatic heterocycles. The van der Waals surface area contributed by atoms with Gasteiger partial charge in [-0.25, -0.2) is 0 Å². The predicted molar refractivity (Wildman–Crippen MR) is 81.0 cm³/mol. The lowest BCUT2D eigenvalue weighted by molar-refractivity contribution is 0.176. The fraction of sp³-hybridized carbons (Fsp3) is 0.375. The van der Waals surface area contributed by atoms with Crippen LogP contribution >= 0.6 is 11.6 Å². The summed E-state index contributed by atoms with van der Waals surface area (Å²) in [4.78, 5) is 0. The Morgan fingerprint density at radius 2 is 1.95 bits per heavy atom. The Balaban J connectivity index is 2.27. The van der Waals surface area contributed by atoms with Crippen molar-refractivity contribution in [2.75, 3.05) is 0 Å². The second-order valence-electron chi connectivity index (χ2n) is 5.06. The minimum absolute atomic E-state index is 0.483. The third-order valence-electron chi connectivity index (χ3n) is 3.34. The molecule has 2 aromatic rings. The number of benzene rings is 1. The molecule has 0 fully saturated rings. The lowest BCUT2D eigenvalue weighted by Crippen LogP contribution is -2.09. The van der Waals surface area contributed by atoms with Crippen LogP contribution < -0.4 is 0 Å². The normalized spacial score (nSPS) is 12.4. The molecule has 0 bridgehead atoms. The Morgan fingerprint density at radius 1 is 1.20 bits per heavy atom. The van der Waals surface area contributed by atoms with Gasteiger partial charge in [-0.3, -0.25) is 0 Å². The van der Waals surface area contributed by atoms with Gasteiger partial charge in [-0.15, -0.1) is 0 Å². The summed E-state index contributed by atoms with van der Waals surface area (Å²) in [5.41, 5.74) is 4.56. The first kappa shape index (κ1) is 14.9. The van der Waals surface area contributed by atoms with Crippen LogP contribution in [0.15, 0.2) is 24.3 Å². The van der Waals surface area contributed by atoms with E-state index in [1.54, 1.807) is 0 Å². The van der Waals surface area contributed by atoms with Crippen molar-refractivity contribution in [3.63, 3.8) is 0 Å². The Morgan fingerprint density at radius 3 is 2.60 bits per heavy atom. The standard InChI is InChI=1S/C16H19ClN2O/c1-4-15-13(8-11(3)18-19-15)16(20)9-12-6-5-10(2)7-14(12)17/h5-8,16,20H,4,9H2,1-3H3. The van der Waals surface area contributed by atoms with Gasteiger partial charge in [-0.2, -0.15) is 10.2 Å². The molecule has 0 radical (unpaired) electrons. The third-order valence-corrected chi connectivity index (χ3v) is 3.69. The zero-order valence-electron chi connectivity index (χ0n) is 12.0. The summed E-state index contributed by atoms with van der Waals surface area (Å²) in [5.74, 6) is 0. The maximum absolute atomic E-state index is 10.5. The van der Waals surface area contributed by atoms with Crippen LogP contribution in [-0.4, -0.2) is 15.3 Å². The molecular formula is C16H19ClN2O. The molecule has 3 nitrogen and oxygen atoms in total. The highest BCUT2D eigenvalue weighted by Crippen LogP contribution is 2.26. The SMILES string of the molecule is CCc1nnc(C)cc1C(O)Cc1ccc(C)cc1Cl. The molecule has 0 aliphatic heterocycles. The minimum atomic E-state index is -0.612. The number of halogens is 1. The molecule has 0 saturated carbocycles. The number of hydrogen-bond donors (Lipinski definition) is 1. The van der Waals surface area contributed by atoms with Gasteiger partial charge in [-0.05, 0) is 43.5 Å². The van der Waals surface area contributed by atoms with Gasteiger partial charge in [0.25, 0.3) is 0 Å². The highest BCUT2D eigenvalue weighted by atomic mass is 35.5. The average molecular weight is 291 g/mol. The van der Waals surface area contributed by atoms with E-state index in [1.165, 1.54) is 0 Å². The highest BCUT2D eigenvalue weighted by Gasteiger charge is 2.16. The van der Waals surface area contributed by atoms with Gasteiger partial charge in [0.15, 0.2) is 0 Å². The predicted octanol–water partition coefficient (Wildman–Crippen LogP) is 3.59. The second-order valence-corrected chi connectivity index (χ2v) is 5.46. The summed E-state index contributed by atoms with van der Waals surface area (Å²) in [6.07, 6.45) is 0.623. The zero-order valence-corrected chi connectivity index (χ0v) is 12.8. The first-order chi connectivity index (χ1) is 9.51. The number of aromatic nitrogens is 2. The average Bonchev–Trinajstić information content (AvgIpc) is 2.41. The maximum atomic E-state index is 10.5. The molecule has 1 atom stereocenters. The summed E-state index contributed by atoms with van der Waals surface area (Å²) in [7, 11) is 0. The number of nitrogens with zero attached hydrogens (tertiary/aromatic N) is 2. The Hall–Kier alpha value is -1.45. The van der Waals surface area contributed by atoms with Crippen molar-refractivity contribution in [2.45, 2.75) is 39.7 Å². The van der Waals surface area contributed by atoms with E-state index in [1.807, 2.05) is 45.0 Å². The summed E-state index contributed by atoms with van der Waals surface area (Å²) in [6, 6.07) is 7.79. The molecule has 20 heavy (non-hydrogen) atoms. The van der Waals surface area contributed by atoms with Crippen LogP contribution in [-0.2, 0) is 12.8 Å². The van der Waals surface area contributed by atoms with Gasteiger partial charge in [0.2, 0.25) is 0 Å². The fourth-order valence-corrected chi connectivity index (χ4v) is 2.55. The molecule has 4 heteroatoms. The van der Waals surface area contributed by atoms with E-state index in [0.717, 1.165) is 34.5 Å². The summed E-state index contributed by atoms with van der Waals surface area (Å²) >= 11 is 6.23. The molecule has 1 unspecified atom stereocenters. The lowest BCUT2D eigenvalue weighted by Gasteiger charge is -2.15. The molecule has 1 heterocycles. The van der Waals surface area contributed by atoms with Crippen molar-refractivity contribution in [1.82, 2.24) is 10.2 Å². The van der Waals surface area contributed by atoms with Crippen LogP contribution in [0.4, 0.5) is 0 Å². The van der Waals surface area contributed by atoms with Crippen LogP contribution in [0.1, 0.15) is 41.1 Å². The minimum Gasteiger partial charge on any atom is -0.388 e. The summed E-state index contributed by atoms with van der Waals surface area (Å²) in [6.45, 7) is 5.88. The van der Waals surface area contributed by atoms with E-state index in [4.69, 9.17) is 11.6 Å². The molecule has 2 rings (SSSR count). The van der Waals surface area contributed by atoms with Crippen molar-refractivity contribution in [2.24, 2.45) is 0 Å². The number of aliphatic hydroxyl groups excluding tert-OH is 1. The largest absolute Gasteiger partial charge is 0.388 e. The Labute approximate surface area is 124 Å². The van der Waals surface area contributed by atoms with Crippen molar-refractivity contribution >= 4 is 11.6 Å². The van der Waals surface area contributed by atoms with Gasteiger partial charge >= 0.3 is 0 Å². The van der Waals surface area contributed by atoms with Crippen molar-refractivity contribution in [3.05, 3.63) is 57.4 Å². The summed E-state index contributed by atoms with van der Waals surface area (Å²) < 4.78 is 0. The second kappa shape index (κ2) is 6.33. The molecule has 0 aliphatic rings. The van der Waals surface area contributed by atoms with Crippen LogP contribution in [0.3, 0.4) is 0 Å². The molecule has 0 spiro atoms. The van der Waals surface area contributed by atoms with Gasteiger partial charge in [0, 0.05) is 17.0 Å². The van der Waals surface area contributed by atoms with E-state index < -0.39 is 6.10 Å². The molecule has 0 aliphatic carbocycles. The number of rotatable bonds is 4. The zero-order chi connectivity index (χ0) is 14.7. The van der Waals surface area contributed by atoms with Gasteiger partial charge in [0.1, 0.15) is 0 Å². The Bertz CT molecular complexity index is 613.